The molecule has 8 aromatic rings. The second-order valence-electron chi connectivity index (χ2n) is 25.2. The molecule has 8 rings (SSSR count). The minimum atomic E-state index is -0.883. The summed E-state index contributed by atoms with van der Waals surface area (Å²) in [6.45, 7) is -0.539. The van der Waals surface area contributed by atoms with Crippen molar-refractivity contribution in [2.24, 2.45) is 23.7 Å². The van der Waals surface area contributed by atoms with Crippen LogP contribution in [-0.2, 0) is 44.6 Å². The predicted molar refractivity (Wildman–Crippen MR) is 399 cm³/mol. The summed E-state index contributed by atoms with van der Waals surface area (Å²) in [5.41, 5.74) is 2.24. The quantitative estimate of drug-likeness (QED) is 0.00740. The normalized spacial score (nSPS) is 11.9. The van der Waals surface area contributed by atoms with E-state index in [1.807, 2.05) is 0 Å². The van der Waals surface area contributed by atoms with Gasteiger partial charge < -0.3 is 137 Å². The Morgan fingerprint density at radius 1 is 0.250 bits per heavy atom. The Morgan fingerprint density at radius 2 is 0.429 bits per heavy atom. The molecule has 0 aliphatic heterocycles. The molecule has 0 aliphatic rings. The maximum absolute atomic E-state index is 13.3. The van der Waals surface area contributed by atoms with E-state index in [-0.39, 0.29) is 73.4 Å². The van der Waals surface area contributed by atoms with Gasteiger partial charge in [0, 0.05) is 11.8 Å². The third kappa shape index (κ3) is 21.6. The van der Waals surface area contributed by atoms with Crippen molar-refractivity contribution >= 4 is 23.9 Å². The molecule has 112 heavy (non-hydrogen) atoms. The molecule has 0 radical (unpaired) electrons. The molecule has 0 fully saturated rings. The van der Waals surface area contributed by atoms with Gasteiger partial charge in [-0.2, -0.15) is 0 Å². The molecule has 0 amide bonds. The number of hydrogen-bond acceptors (Lipinski definition) is 32. The molecular weight excluding hydrogens is 1470 g/mol. The number of benzene rings is 8. The minimum absolute atomic E-state index is 0.0876. The van der Waals surface area contributed by atoms with Crippen LogP contribution in [0.15, 0.2) is 97.1 Å². The number of methoxy groups -OCH3 is 12. The van der Waals surface area contributed by atoms with Gasteiger partial charge in [0.25, 0.3) is 0 Å². The first kappa shape index (κ1) is 86.1. The Bertz CT molecular complexity index is 4110. The van der Waals surface area contributed by atoms with Crippen molar-refractivity contribution in [2.75, 3.05) is 112 Å². The Hall–Kier alpha value is -13.2. The second kappa shape index (κ2) is 40.3. The molecule has 0 bridgehead atoms. The van der Waals surface area contributed by atoms with Crippen molar-refractivity contribution < 1.29 is 156 Å². The smallest absolute Gasteiger partial charge is 0.338 e. The summed E-state index contributed by atoms with van der Waals surface area (Å²) in [4.78, 5) is 52.3. The molecule has 12 N–H and O–H groups in total. The first-order valence-corrected chi connectivity index (χ1v) is 34.4. The number of rotatable bonds is 38. The van der Waals surface area contributed by atoms with Crippen LogP contribution in [0.2, 0.25) is 0 Å². The molecule has 32 nitrogen and oxygen atoms in total. The lowest BCUT2D eigenvalue weighted by atomic mass is 9.80. The van der Waals surface area contributed by atoms with Gasteiger partial charge in [-0.25, -0.2) is 19.2 Å². The zero-order valence-corrected chi connectivity index (χ0v) is 63.6. The van der Waals surface area contributed by atoms with E-state index in [0.29, 0.717) is 108 Å². The zero-order valence-electron chi connectivity index (χ0n) is 63.6. The van der Waals surface area contributed by atoms with Gasteiger partial charge in [0.2, 0.25) is 23.0 Å². The van der Waals surface area contributed by atoms with E-state index in [9.17, 15) is 80.5 Å². The number of carbonyl (C=O) groups is 4. The molecule has 8 aromatic carbocycles. The van der Waals surface area contributed by atoms with E-state index in [4.69, 9.17) is 75.8 Å². The molecule has 0 aromatic heterocycles. The third-order valence-electron chi connectivity index (χ3n) is 18.2. The monoisotopic (exact) mass is 1560 g/mol. The molecule has 0 saturated carbocycles. The molecule has 32 heteroatoms. The summed E-state index contributed by atoms with van der Waals surface area (Å²) in [5, 5.41) is 119. The number of aromatic hydroxyl groups is 12. The van der Waals surface area contributed by atoms with Gasteiger partial charge in [0.05, 0.1) is 134 Å². The van der Waals surface area contributed by atoms with Crippen LogP contribution in [0.3, 0.4) is 0 Å². The summed E-state index contributed by atoms with van der Waals surface area (Å²) >= 11 is 0. The Kier molecular flexibility index (Phi) is 31.0. The number of phenols is 12. The van der Waals surface area contributed by atoms with Crippen LogP contribution in [0, 0.1) is 23.7 Å². The lowest BCUT2D eigenvalue weighted by Gasteiger charge is -2.28. The van der Waals surface area contributed by atoms with Gasteiger partial charge >= 0.3 is 23.9 Å². The summed E-state index contributed by atoms with van der Waals surface area (Å²) in [6.07, 6.45) is 2.68. The van der Waals surface area contributed by atoms with E-state index in [1.54, 1.807) is 48.5 Å². The maximum Gasteiger partial charge on any atom is 0.338 e. The van der Waals surface area contributed by atoms with Crippen molar-refractivity contribution in [3.63, 3.8) is 0 Å². The molecule has 0 saturated heterocycles. The van der Waals surface area contributed by atoms with Gasteiger partial charge in [-0.15, -0.1) is 0 Å². The molecule has 0 aliphatic carbocycles. The highest BCUT2D eigenvalue weighted by atomic mass is 16.6. The zero-order chi connectivity index (χ0) is 82.2. The van der Waals surface area contributed by atoms with Crippen molar-refractivity contribution in [2.45, 2.75) is 51.4 Å². The van der Waals surface area contributed by atoms with Crippen LogP contribution >= 0.6 is 0 Å². The van der Waals surface area contributed by atoms with Crippen LogP contribution < -0.4 is 56.8 Å². The Labute approximate surface area is 644 Å². The maximum atomic E-state index is 13.3. The van der Waals surface area contributed by atoms with Crippen LogP contribution in [0.1, 0.15) is 89.4 Å². The number of carbonyl (C=O) groups excluding carboxylic acids is 4. The summed E-state index contributed by atoms with van der Waals surface area (Å²) in [7, 11) is 17.8. The van der Waals surface area contributed by atoms with Gasteiger partial charge in [0.15, 0.2) is 115 Å². The largest absolute Gasteiger partial charge is 0.504 e. The summed E-state index contributed by atoms with van der Waals surface area (Å²) < 4.78 is 89.3. The first-order chi connectivity index (χ1) is 53.6. The second-order valence-corrected chi connectivity index (χ2v) is 25.2. The van der Waals surface area contributed by atoms with E-state index in [2.05, 4.69) is 0 Å². The highest BCUT2D eigenvalue weighted by Gasteiger charge is 2.32. The van der Waals surface area contributed by atoms with Crippen molar-refractivity contribution in [3.05, 3.63) is 142 Å². The van der Waals surface area contributed by atoms with Gasteiger partial charge in [0.1, 0.15) is 0 Å². The molecule has 0 heterocycles. The predicted octanol–water partition coefficient (Wildman–Crippen LogP) is 11.0. The van der Waals surface area contributed by atoms with Crippen LogP contribution in [0.5, 0.6) is 138 Å². The lowest BCUT2D eigenvalue weighted by molar-refractivity contribution is 0.0358. The average Bonchev–Trinajstić information content (AvgIpc) is 0.806. The Balaban J connectivity index is 0.000000311. The number of ether oxygens (including phenoxy) is 16. The SMILES string of the molecule is COc1cc(C[C@@H](CCCOC(=O)c2cc(O)c(O)c(O)c2)[C@H](COC(=O)c2cc(O)c(O)c(O)c2)Cc2cc(OC)c(OC)c(OC)c2)cc(OC)c1OC.COc1cc(C[C@H](CCCOC(=O)c2cc(O)c(O)c(O)c2)[C@@H](COC(=O)c2cc(O)c(O)c(O)c2)Cc2cc(OC)c(OC)c(OC)c2)cc(OC)c1OC. The number of hydrogen-bond donors (Lipinski definition) is 12. The van der Waals surface area contributed by atoms with Crippen molar-refractivity contribution in [1.29, 1.82) is 0 Å². The standard InChI is InChI=1S/2C40H46O16/c2*1-49-31-12-21(13-32(50-2)37(31)53-5)10-23(8-7-9-55-39(47)24-16-27(41)35(45)28(42)17-24)26(11-22-14-33(51-3)38(54-6)34(15-22)52-4)20-56-40(48)25-18-29(43)36(46)30(44)19-25/h2*12-19,23,26,41-46H,7-11,20H2,1-6H3/t2*23-,26+/m10/s1. The first-order valence-electron chi connectivity index (χ1n) is 34.4. The number of phenolic OH excluding ortho intramolecular Hbond substituents is 12. The van der Waals surface area contributed by atoms with E-state index in [0.717, 1.165) is 70.8 Å². The fourth-order valence-electron chi connectivity index (χ4n) is 12.6. The van der Waals surface area contributed by atoms with E-state index >= 15 is 0 Å². The summed E-state index contributed by atoms with van der Waals surface area (Å²) in [5.74, 6) is -9.02. The van der Waals surface area contributed by atoms with Gasteiger partial charge in [-0.3, -0.25) is 0 Å². The average molecular weight is 1570 g/mol. The molecule has 0 unspecified atom stereocenters. The van der Waals surface area contributed by atoms with E-state index < -0.39 is 105 Å². The molecule has 4 atom stereocenters. The van der Waals surface area contributed by atoms with Crippen LogP contribution in [-0.4, -0.2) is 197 Å². The fourth-order valence-corrected chi connectivity index (χ4v) is 12.6. The highest BCUT2D eigenvalue weighted by Crippen LogP contribution is 2.47. The van der Waals surface area contributed by atoms with Crippen LogP contribution in [0.4, 0.5) is 0 Å². The van der Waals surface area contributed by atoms with Crippen molar-refractivity contribution in [3.8, 4) is 138 Å². The van der Waals surface area contributed by atoms with Gasteiger partial charge in [-0.05, 0) is 183 Å². The van der Waals surface area contributed by atoms with Crippen molar-refractivity contribution in [1.82, 2.24) is 0 Å². The lowest BCUT2D eigenvalue weighted by Crippen LogP contribution is -2.27. The molecular formula is C80H92O32. The van der Waals surface area contributed by atoms with Crippen LogP contribution in [0.25, 0.3) is 0 Å². The topological polar surface area (TPSA) is 459 Å². The highest BCUT2D eigenvalue weighted by molar-refractivity contribution is 5.93. The third-order valence-corrected chi connectivity index (χ3v) is 18.2. The minimum Gasteiger partial charge on any atom is -0.504 e. The number of esters is 4. The summed E-state index contributed by atoms with van der Waals surface area (Å²) in [6, 6.07) is 22.0. The van der Waals surface area contributed by atoms with Gasteiger partial charge in [-0.1, -0.05) is 0 Å². The Morgan fingerprint density at radius 3 is 0.607 bits per heavy atom. The fraction of sp³-hybridized carbons (Fsp3) is 0.350. The molecule has 604 valence electrons. The van der Waals surface area contributed by atoms with E-state index in [1.165, 1.54) is 85.3 Å². The molecule has 0 spiro atoms.